The maximum atomic E-state index is 5.59. The van der Waals surface area contributed by atoms with Gasteiger partial charge in [0, 0.05) is 17.9 Å². The van der Waals surface area contributed by atoms with Gasteiger partial charge < -0.3 is 4.84 Å². The maximum absolute atomic E-state index is 5.59. The van der Waals surface area contributed by atoms with E-state index >= 15 is 0 Å². The Hall–Kier alpha value is -1.15. The predicted molar refractivity (Wildman–Crippen MR) is 52.7 cm³/mol. The Labute approximate surface area is 82.1 Å². The average Bonchev–Trinajstić information content (AvgIpc) is 2.18. The second kappa shape index (κ2) is 3.71. The molecule has 1 aromatic rings. The number of fused-ring (bicyclic) bond motifs is 1. The predicted octanol–water partition coefficient (Wildman–Crippen LogP) is 2.25. The largest absolute Gasteiger partial charge is 0.382 e. The highest BCUT2D eigenvalue weighted by Crippen LogP contribution is 2.23. The summed E-state index contributed by atoms with van der Waals surface area (Å²) < 4.78 is 0. The van der Waals surface area contributed by atoms with Gasteiger partial charge >= 0.3 is 0 Å². The van der Waals surface area contributed by atoms with Crippen LogP contribution in [0.2, 0.25) is 0 Å². The molecular weight excluding hydrogens is 186 g/mol. The standard InChI is InChI=1S/C10H10ClNO/c11-6-5-9-7-8-3-1-2-4-10(8)13-12-9/h1-5,12H,6-7H2. The second-order valence-corrected chi connectivity index (χ2v) is 3.18. The number of rotatable bonds is 1. The minimum absolute atomic E-state index is 0.508. The van der Waals surface area contributed by atoms with Crippen molar-refractivity contribution < 1.29 is 4.84 Å². The zero-order valence-electron chi connectivity index (χ0n) is 7.09. The molecule has 0 aliphatic carbocycles. The third-order valence-electron chi connectivity index (χ3n) is 1.97. The van der Waals surface area contributed by atoms with E-state index in [-0.39, 0.29) is 0 Å². The molecule has 0 fully saturated rings. The van der Waals surface area contributed by atoms with Crippen LogP contribution in [0.4, 0.5) is 0 Å². The molecule has 0 unspecified atom stereocenters. The molecule has 0 atom stereocenters. The van der Waals surface area contributed by atoms with Crippen LogP contribution in [0.25, 0.3) is 0 Å². The molecule has 1 aliphatic rings. The van der Waals surface area contributed by atoms with E-state index in [2.05, 4.69) is 11.5 Å². The number of para-hydroxylation sites is 1. The topological polar surface area (TPSA) is 21.3 Å². The first-order valence-corrected chi connectivity index (χ1v) is 4.69. The Balaban J connectivity index is 2.24. The van der Waals surface area contributed by atoms with E-state index in [1.165, 1.54) is 5.56 Å². The van der Waals surface area contributed by atoms with Crippen molar-refractivity contribution in [3.05, 3.63) is 41.6 Å². The van der Waals surface area contributed by atoms with Crippen molar-refractivity contribution in [2.75, 3.05) is 5.88 Å². The first kappa shape index (κ1) is 8.45. The summed E-state index contributed by atoms with van der Waals surface area (Å²) in [4.78, 5) is 5.31. The molecule has 68 valence electrons. The van der Waals surface area contributed by atoms with Gasteiger partial charge in [0.05, 0.1) is 5.70 Å². The van der Waals surface area contributed by atoms with Crippen LogP contribution < -0.4 is 10.3 Å². The summed E-state index contributed by atoms with van der Waals surface area (Å²) in [5, 5.41) is 0. The smallest absolute Gasteiger partial charge is 0.158 e. The number of halogens is 1. The minimum Gasteiger partial charge on any atom is -0.382 e. The van der Waals surface area contributed by atoms with Gasteiger partial charge in [-0.25, -0.2) is 5.48 Å². The molecule has 0 radical (unpaired) electrons. The zero-order valence-corrected chi connectivity index (χ0v) is 7.84. The lowest BCUT2D eigenvalue weighted by Gasteiger charge is -2.20. The lowest BCUT2D eigenvalue weighted by Crippen LogP contribution is -2.24. The molecule has 13 heavy (non-hydrogen) atoms. The lowest BCUT2D eigenvalue weighted by molar-refractivity contribution is 0.211. The van der Waals surface area contributed by atoms with Crippen LogP contribution in [0, 0.1) is 0 Å². The van der Waals surface area contributed by atoms with Crippen LogP contribution in [-0.2, 0) is 6.42 Å². The summed E-state index contributed by atoms with van der Waals surface area (Å²) in [5.74, 6) is 1.41. The van der Waals surface area contributed by atoms with Gasteiger partial charge in [0.1, 0.15) is 0 Å². The highest BCUT2D eigenvalue weighted by Gasteiger charge is 2.11. The molecule has 2 rings (SSSR count). The van der Waals surface area contributed by atoms with Gasteiger partial charge in [0.15, 0.2) is 5.75 Å². The van der Waals surface area contributed by atoms with Crippen molar-refractivity contribution in [3.63, 3.8) is 0 Å². The summed E-state index contributed by atoms with van der Waals surface area (Å²) in [6.45, 7) is 0. The monoisotopic (exact) mass is 195 g/mol. The van der Waals surface area contributed by atoms with Crippen LogP contribution in [0.1, 0.15) is 5.56 Å². The second-order valence-electron chi connectivity index (χ2n) is 2.87. The third kappa shape index (κ3) is 1.78. The van der Waals surface area contributed by atoms with Crippen molar-refractivity contribution in [2.45, 2.75) is 6.42 Å². The third-order valence-corrected chi connectivity index (χ3v) is 2.12. The van der Waals surface area contributed by atoms with Gasteiger partial charge in [0.2, 0.25) is 0 Å². The fraction of sp³-hybridized carbons (Fsp3) is 0.200. The Morgan fingerprint density at radius 2 is 2.31 bits per heavy atom. The van der Waals surface area contributed by atoms with Gasteiger partial charge in [-0.3, -0.25) is 0 Å². The van der Waals surface area contributed by atoms with E-state index in [0.29, 0.717) is 5.88 Å². The molecule has 1 aromatic carbocycles. The van der Waals surface area contributed by atoms with Crippen LogP contribution in [0.5, 0.6) is 5.75 Å². The van der Waals surface area contributed by atoms with Gasteiger partial charge in [-0.05, 0) is 12.1 Å². The van der Waals surface area contributed by atoms with Crippen molar-refractivity contribution in [1.82, 2.24) is 5.48 Å². The first-order valence-electron chi connectivity index (χ1n) is 4.16. The molecule has 0 saturated carbocycles. The normalized spacial score (nSPS) is 17.5. The number of alkyl halides is 1. The molecule has 0 spiro atoms. The number of hydrogen-bond donors (Lipinski definition) is 1. The van der Waals surface area contributed by atoms with Crippen LogP contribution >= 0.6 is 11.6 Å². The summed E-state index contributed by atoms with van der Waals surface area (Å²) in [5.41, 5.74) is 5.07. The fourth-order valence-corrected chi connectivity index (χ4v) is 1.50. The molecule has 1 aliphatic heterocycles. The van der Waals surface area contributed by atoms with Gasteiger partial charge in [0.25, 0.3) is 0 Å². The van der Waals surface area contributed by atoms with Crippen molar-refractivity contribution in [3.8, 4) is 5.75 Å². The number of hydroxylamine groups is 1. The summed E-state index contributed by atoms with van der Waals surface area (Å²) in [6, 6.07) is 7.96. The average molecular weight is 196 g/mol. The van der Waals surface area contributed by atoms with E-state index in [1.807, 2.05) is 24.3 Å². The SMILES string of the molecule is ClCC=C1Cc2ccccc2ON1. The van der Waals surface area contributed by atoms with E-state index in [9.17, 15) is 0 Å². The molecule has 0 aromatic heterocycles. The van der Waals surface area contributed by atoms with Crippen LogP contribution in [-0.4, -0.2) is 5.88 Å². The molecule has 0 bridgehead atoms. The van der Waals surface area contributed by atoms with Crippen molar-refractivity contribution in [1.29, 1.82) is 0 Å². The Bertz CT molecular complexity index is 335. The zero-order chi connectivity index (χ0) is 9.10. The number of hydrogen-bond acceptors (Lipinski definition) is 2. The summed E-state index contributed by atoms with van der Waals surface area (Å²) in [7, 11) is 0. The maximum Gasteiger partial charge on any atom is 0.158 e. The van der Waals surface area contributed by atoms with E-state index in [0.717, 1.165) is 17.9 Å². The Kier molecular flexibility index (Phi) is 2.41. The molecule has 1 heterocycles. The molecule has 3 heteroatoms. The van der Waals surface area contributed by atoms with Crippen LogP contribution in [0.15, 0.2) is 36.0 Å². The van der Waals surface area contributed by atoms with Gasteiger partial charge in [-0.1, -0.05) is 18.2 Å². The molecule has 1 N–H and O–H groups in total. The fourth-order valence-electron chi connectivity index (χ4n) is 1.32. The van der Waals surface area contributed by atoms with Gasteiger partial charge in [-0.15, -0.1) is 11.6 Å². The minimum atomic E-state index is 0.508. The summed E-state index contributed by atoms with van der Waals surface area (Å²) in [6.07, 6.45) is 2.78. The van der Waals surface area contributed by atoms with Crippen molar-refractivity contribution in [2.24, 2.45) is 0 Å². The first-order chi connectivity index (χ1) is 6.40. The number of allylic oxidation sites excluding steroid dienone is 2. The molecule has 0 amide bonds. The summed E-state index contributed by atoms with van der Waals surface area (Å²) >= 11 is 5.59. The van der Waals surface area contributed by atoms with E-state index < -0.39 is 0 Å². The van der Waals surface area contributed by atoms with Crippen molar-refractivity contribution >= 4 is 11.6 Å². The highest BCUT2D eigenvalue weighted by molar-refractivity contribution is 6.18. The lowest BCUT2D eigenvalue weighted by atomic mass is 10.1. The number of benzene rings is 1. The molecule has 2 nitrogen and oxygen atoms in total. The van der Waals surface area contributed by atoms with Gasteiger partial charge in [-0.2, -0.15) is 0 Å². The molecular formula is C10H10ClNO. The Morgan fingerprint density at radius 3 is 3.15 bits per heavy atom. The quantitative estimate of drug-likeness (QED) is 0.694. The number of nitrogens with one attached hydrogen (secondary N) is 1. The van der Waals surface area contributed by atoms with Crippen LogP contribution in [0.3, 0.4) is 0 Å². The highest BCUT2D eigenvalue weighted by atomic mass is 35.5. The van der Waals surface area contributed by atoms with E-state index in [4.69, 9.17) is 16.4 Å². The Morgan fingerprint density at radius 1 is 1.46 bits per heavy atom. The van der Waals surface area contributed by atoms with E-state index in [1.54, 1.807) is 0 Å². The molecule has 0 saturated heterocycles.